The van der Waals surface area contributed by atoms with Crippen LogP contribution in [-0.2, 0) is 4.79 Å². The van der Waals surface area contributed by atoms with Gasteiger partial charge in [0, 0.05) is 16.2 Å². The van der Waals surface area contributed by atoms with Gasteiger partial charge in [-0.2, -0.15) is 0 Å². The second kappa shape index (κ2) is 7.23. The van der Waals surface area contributed by atoms with Crippen LogP contribution in [0.15, 0.2) is 22.7 Å². The highest BCUT2D eigenvalue weighted by Crippen LogP contribution is 2.23. The van der Waals surface area contributed by atoms with Crippen molar-refractivity contribution in [2.75, 3.05) is 11.9 Å². The van der Waals surface area contributed by atoms with E-state index in [-0.39, 0.29) is 5.91 Å². The van der Waals surface area contributed by atoms with Gasteiger partial charge in [-0.3, -0.25) is 4.79 Å². The van der Waals surface area contributed by atoms with Gasteiger partial charge in [0.2, 0.25) is 5.91 Å². The fourth-order valence-electron chi connectivity index (χ4n) is 2.77. The van der Waals surface area contributed by atoms with Crippen LogP contribution < -0.4 is 10.6 Å². The Balaban J connectivity index is 1.81. The lowest BCUT2D eigenvalue weighted by Crippen LogP contribution is -2.41. The lowest BCUT2D eigenvalue weighted by atomic mass is 9.86. The molecule has 2 unspecified atom stereocenters. The molecule has 0 aromatic heterocycles. The molecule has 20 heavy (non-hydrogen) atoms. The summed E-state index contributed by atoms with van der Waals surface area (Å²) in [6.45, 7) is 4.68. The second-order valence-corrected chi connectivity index (χ2v) is 6.62. The van der Waals surface area contributed by atoms with Crippen LogP contribution in [0.2, 0.25) is 0 Å². The third kappa shape index (κ3) is 4.32. The van der Waals surface area contributed by atoms with Gasteiger partial charge in [-0.15, -0.1) is 0 Å². The molecule has 1 aliphatic carbocycles. The predicted octanol–water partition coefficient (Wildman–Crippen LogP) is 3.86. The molecule has 1 aliphatic rings. The van der Waals surface area contributed by atoms with Gasteiger partial charge < -0.3 is 10.6 Å². The molecule has 0 heterocycles. The van der Waals surface area contributed by atoms with Crippen LogP contribution >= 0.6 is 15.9 Å². The van der Waals surface area contributed by atoms with E-state index in [0.717, 1.165) is 15.7 Å². The molecule has 4 heteroatoms. The molecular formula is C16H23BrN2O. The summed E-state index contributed by atoms with van der Waals surface area (Å²) < 4.78 is 1.06. The third-order valence-corrected chi connectivity index (χ3v) is 4.97. The number of rotatable bonds is 4. The maximum absolute atomic E-state index is 12.0. The van der Waals surface area contributed by atoms with E-state index in [0.29, 0.717) is 18.5 Å². The number of benzene rings is 1. The van der Waals surface area contributed by atoms with Gasteiger partial charge in [-0.05, 0) is 49.4 Å². The Morgan fingerprint density at radius 3 is 2.80 bits per heavy atom. The number of carbonyl (C=O) groups excluding carboxylic acids is 1. The maximum Gasteiger partial charge on any atom is 0.238 e. The first-order valence-corrected chi connectivity index (χ1v) is 8.15. The van der Waals surface area contributed by atoms with Crippen molar-refractivity contribution in [2.24, 2.45) is 5.92 Å². The van der Waals surface area contributed by atoms with E-state index in [9.17, 15) is 4.79 Å². The number of hydrogen-bond donors (Lipinski definition) is 2. The SMILES string of the molecule is Cc1cc(NC(=O)CNC2CCCCC2C)ccc1Br. The highest BCUT2D eigenvalue weighted by molar-refractivity contribution is 9.10. The van der Waals surface area contributed by atoms with Crippen molar-refractivity contribution in [3.8, 4) is 0 Å². The van der Waals surface area contributed by atoms with Crippen molar-refractivity contribution >= 4 is 27.5 Å². The van der Waals surface area contributed by atoms with Crippen molar-refractivity contribution < 1.29 is 4.79 Å². The zero-order valence-electron chi connectivity index (χ0n) is 12.2. The highest BCUT2D eigenvalue weighted by atomic mass is 79.9. The number of aryl methyl sites for hydroxylation is 1. The Bertz CT molecular complexity index is 476. The Labute approximate surface area is 129 Å². The van der Waals surface area contributed by atoms with Crippen LogP contribution in [0.4, 0.5) is 5.69 Å². The first kappa shape index (κ1) is 15.5. The van der Waals surface area contributed by atoms with Gasteiger partial charge in [-0.25, -0.2) is 0 Å². The van der Waals surface area contributed by atoms with E-state index < -0.39 is 0 Å². The summed E-state index contributed by atoms with van der Waals surface area (Å²) in [5, 5.41) is 6.34. The quantitative estimate of drug-likeness (QED) is 0.874. The maximum atomic E-state index is 12.0. The molecule has 1 fully saturated rings. The summed E-state index contributed by atoms with van der Waals surface area (Å²) in [6.07, 6.45) is 5.05. The summed E-state index contributed by atoms with van der Waals surface area (Å²) >= 11 is 3.46. The highest BCUT2D eigenvalue weighted by Gasteiger charge is 2.21. The Morgan fingerprint density at radius 2 is 2.10 bits per heavy atom. The van der Waals surface area contributed by atoms with E-state index >= 15 is 0 Å². The fourth-order valence-corrected chi connectivity index (χ4v) is 3.02. The smallest absolute Gasteiger partial charge is 0.238 e. The zero-order valence-corrected chi connectivity index (χ0v) is 13.8. The average molecular weight is 339 g/mol. The van der Waals surface area contributed by atoms with Crippen LogP contribution in [0.1, 0.15) is 38.2 Å². The molecular weight excluding hydrogens is 316 g/mol. The van der Waals surface area contributed by atoms with Crippen LogP contribution in [0, 0.1) is 12.8 Å². The number of anilines is 1. The number of nitrogens with one attached hydrogen (secondary N) is 2. The number of amides is 1. The molecule has 0 saturated heterocycles. The summed E-state index contributed by atoms with van der Waals surface area (Å²) in [7, 11) is 0. The number of carbonyl (C=O) groups is 1. The molecule has 0 radical (unpaired) electrons. The minimum Gasteiger partial charge on any atom is -0.325 e. The van der Waals surface area contributed by atoms with Crippen molar-refractivity contribution in [3.05, 3.63) is 28.2 Å². The Hall–Kier alpha value is -0.870. The van der Waals surface area contributed by atoms with Gasteiger partial charge in [0.05, 0.1) is 6.54 Å². The third-order valence-electron chi connectivity index (χ3n) is 4.08. The van der Waals surface area contributed by atoms with Gasteiger partial charge >= 0.3 is 0 Å². The summed E-state index contributed by atoms with van der Waals surface area (Å²) in [6, 6.07) is 6.34. The molecule has 110 valence electrons. The van der Waals surface area contributed by atoms with Crippen molar-refractivity contribution in [3.63, 3.8) is 0 Å². The molecule has 2 rings (SSSR count). The van der Waals surface area contributed by atoms with Gasteiger partial charge in [0.1, 0.15) is 0 Å². The van der Waals surface area contributed by atoms with Crippen molar-refractivity contribution in [1.82, 2.24) is 5.32 Å². The van der Waals surface area contributed by atoms with E-state index in [4.69, 9.17) is 0 Å². The first-order chi connectivity index (χ1) is 9.56. The molecule has 2 atom stereocenters. The summed E-state index contributed by atoms with van der Waals surface area (Å²) in [5.41, 5.74) is 1.98. The molecule has 0 aliphatic heterocycles. The summed E-state index contributed by atoms with van der Waals surface area (Å²) in [5.74, 6) is 0.705. The van der Waals surface area contributed by atoms with E-state index in [2.05, 4.69) is 33.5 Å². The van der Waals surface area contributed by atoms with Gasteiger partial charge in [-0.1, -0.05) is 35.7 Å². The number of halogens is 1. The Morgan fingerprint density at radius 1 is 1.35 bits per heavy atom. The van der Waals surface area contributed by atoms with E-state index in [1.807, 2.05) is 25.1 Å². The average Bonchev–Trinajstić information content (AvgIpc) is 2.42. The lowest BCUT2D eigenvalue weighted by Gasteiger charge is -2.29. The second-order valence-electron chi connectivity index (χ2n) is 5.76. The molecule has 1 saturated carbocycles. The Kier molecular flexibility index (Phi) is 5.61. The van der Waals surface area contributed by atoms with Crippen LogP contribution in [0.25, 0.3) is 0 Å². The molecule has 1 aromatic rings. The van der Waals surface area contributed by atoms with E-state index in [1.165, 1.54) is 25.7 Å². The number of hydrogen-bond acceptors (Lipinski definition) is 2. The summed E-state index contributed by atoms with van der Waals surface area (Å²) in [4.78, 5) is 12.0. The van der Waals surface area contributed by atoms with Crippen LogP contribution in [0.3, 0.4) is 0 Å². The first-order valence-electron chi connectivity index (χ1n) is 7.35. The standard InChI is InChI=1S/C16H23BrN2O/c1-11-5-3-4-6-15(11)18-10-16(20)19-13-7-8-14(17)12(2)9-13/h7-9,11,15,18H,3-6,10H2,1-2H3,(H,19,20). The molecule has 2 N–H and O–H groups in total. The monoisotopic (exact) mass is 338 g/mol. The van der Waals surface area contributed by atoms with Crippen molar-refractivity contribution in [2.45, 2.75) is 45.6 Å². The molecule has 0 bridgehead atoms. The van der Waals surface area contributed by atoms with Crippen LogP contribution in [-0.4, -0.2) is 18.5 Å². The topological polar surface area (TPSA) is 41.1 Å². The molecule has 1 amide bonds. The van der Waals surface area contributed by atoms with Gasteiger partial charge in [0.25, 0.3) is 0 Å². The molecule has 0 spiro atoms. The predicted molar refractivity (Wildman–Crippen MR) is 86.9 cm³/mol. The minimum absolute atomic E-state index is 0.0319. The van der Waals surface area contributed by atoms with Gasteiger partial charge in [0.15, 0.2) is 0 Å². The van der Waals surface area contributed by atoms with Crippen molar-refractivity contribution in [1.29, 1.82) is 0 Å². The van der Waals surface area contributed by atoms with E-state index in [1.54, 1.807) is 0 Å². The fraction of sp³-hybridized carbons (Fsp3) is 0.562. The minimum atomic E-state index is 0.0319. The normalized spacial score (nSPS) is 22.6. The zero-order chi connectivity index (χ0) is 14.5. The molecule has 3 nitrogen and oxygen atoms in total. The molecule has 1 aromatic carbocycles. The van der Waals surface area contributed by atoms with Crippen LogP contribution in [0.5, 0.6) is 0 Å². The lowest BCUT2D eigenvalue weighted by molar-refractivity contribution is -0.115. The largest absolute Gasteiger partial charge is 0.325 e.